The molecule has 1 atom stereocenters. The summed E-state index contributed by atoms with van der Waals surface area (Å²) in [5.41, 5.74) is -0.0902. The molecule has 2 aliphatic rings. The van der Waals surface area contributed by atoms with E-state index in [1.54, 1.807) is 0 Å². The van der Waals surface area contributed by atoms with Crippen LogP contribution < -0.4 is 0 Å². The molecule has 1 N–H and O–H groups in total. The molecule has 1 aromatic carbocycles. The number of ether oxygens (including phenoxy) is 1. The topological polar surface area (TPSA) is 87.2 Å². The molecule has 3 rings (SSSR count). The fourth-order valence-corrected chi connectivity index (χ4v) is 5.34. The van der Waals surface area contributed by atoms with Crippen molar-refractivity contribution < 1.29 is 40.6 Å². The molecular weight excluding hydrogens is 444 g/mol. The number of nitrogens with zero attached hydrogens (tertiary/aromatic N) is 2. The second-order valence-electron chi connectivity index (χ2n) is 7.69. The molecule has 2 aliphatic heterocycles. The number of benzene rings is 1. The Hall–Kier alpha value is -1.76. The number of rotatable bonds is 5. The zero-order valence-corrected chi connectivity index (χ0v) is 18.0. The van der Waals surface area contributed by atoms with Crippen molar-refractivity contribution in [3.05, 3.63) is 30.1 Å². The number of carboxylic acid groups (broad SMARTS) is 1. The molecule has 0 amide bonds. The summed E-state index contributed by atoms with van der Waals surface area (Å²) in [6, 6.07) is 5.04. The number of aliphatic carboxylic acids is 1. The van der Waals surface area contributed by atoms with E-state index in [1.807, 2.05) is 6.92 Å². The van der Waals surface area contributed by atoms with Crippen LogP contribution in [0.15, 0.2) is 29.2 Å². The molecule has 1 spiro atoms. The van der Waals surface area contributed by atoms with E-state index in [4.69, 9.17) is 14.6 Å². The molecule has 0 radical (unpaired) electrons. The number of carboxylic acids is 1. The minimum absolute atomic E-state index is 0.0902. The average molecular weight is 470 g/mol. The fourth-order valence-electron chi connectivity index (χ4n) is 3.74. The average Bonchev–Trinajstić information content (AvgIpc) is 2.65. The smallest absolute Gasteiger partial charge is 0.475 e. The van der Waals surface area contributed by atoms with Gasteiger partial charge in [0.1, 0.15) is 5.82 Å². The van der Waals surface area contributed by atoms with Crippen LogP contribution in [0.1, 0.15) is 19.8 Å². The van der Waals surface area contributed by atoms with Crippen LogP contribution in [0.4, 0.5) is 17.6 Å². The summed E-state index contributed by atoms with van der Waals surface area (Å²) in [4.78, 5) is 11.3. The van der Waals surface area contributed by atoms with Crippen LogP contribution in [0.2, 0.25) is 0 Å². The number of alkyl halides is 3. The fraction of sp³-hybridized carbons (Fsp3) is 0.632. The predicted octanol–water partition coefficient (Wildman–Crippen LogP) is 2.58. The van der Waals surface area contributed by atoms with Gasteiger partial charge in [-0.25, -0.2) is 17.6 Å². The summed E-state index contributed by atoms with van der Waals surface area (Å²) in [7, 11) is -1.48. The molecule has 2 heterocycles. The third kappa shape index (κ3) is 6.15. The van der Waals surface area contributed by atoms with Gasteiger partial charge >= 0.3 is 12.1 Å². The van der Waals surface area contributed by atoms with Crippen molar-refractivity contribution in [2.75, 3.05) is 39.9 Å². The molecule has 0 aliphatic carbocycles. The monoisotopic (exact) mass is 470 g/mol. The van der Waals surface area contributed by atoms with E-state index in [0.717, 1.165) is 26.0 Å². The summed E-state index contributed by atoms with van der Waals surface area (Å²) in [5.74, 6) is -2.70. The highest BCUT2D eigenvalue weighted by atomic mass is 32.2. The Balaban J connectivity index is 0.000000423. The van der Waals surface area contributed by atoms with Crippen LogP contribution in [0.25, 0.3) is 0 Å². The first-order chi connectivity index (χ1) is 14.3. The van der Waals surface area contributed by atoms with Crippen molar-refractivity contribution in [1.82, 2.24) is 9.21 Å². The molecule has 0 aromatic heterocycles. The lowest BCUT2D eigenvalue weighted by molar-refractivity contribution is -0.192. The van der Waals surface area contributed by atoms with Crippen molar-refractivity contribution in [2.24, 2.45) is 5.92 Å². The zero-order valence-electron chi connectivity index (χ0n) is 17.2. The van der Waals surface area contributed by atoms with Crippen molar-refractivity contribution >= 4 is 16.0 Å². The van der Waals surface area contributed by atoms with E-state index in [0.29, 0.717) is 25.6 Å². The van der Waals surface area contributed by atoms with Crippen LogP contribution in [0, 0.1) is 11.7 Å². The van der Waals surface area contributed by atoms with Crippen LogP contribution in [0.3, 0.4) is 0 Å². The highest BCUT2D eigenvalue weighted by molar-refractivity contribution is 7.89. The van der Waals surface area contributed by atoms with E-state index in [9.17, 15) is 26.0 Å². The minimum atomic E-state index is -5.08. The Morgan fingerprint density at radius 3 is 2.29 bits per heavy atom. The molecule has 0 bridgehead atoms. The normalized spacial score (nSPS) is 21.8. The maximum Gasteiger partial charge on any atom is 0.490 e. The molecular formula is C19H26F4N2O5S. The molecule has 31 heavy (non-hydrogen) atoms. The van der Waals surface area contributed by atoms with E-state index in [-0.39, 0.29) is 10.4 Å². The van der Waals surface area contributed by atoms with Crippen LogP contribution in [0.5, 0.6) is 0 Å². The molecule has 2 fully saturated rings. The molecule has 0 saturated carbocycles. The molecule has 176 valence electrons. The van der Waals surface area contributed by atoms with Gasteiger partial charge in [0.15, 0.2) is 0 Å². The lowest BCUT2D eigenvalue weighted by Crippen LogP contribution is -2.72. The largest absolute Gasteiger partial charge is 0.490 e. The van der Waals surface area contributed by atoms with Gasteiger partial charge in [-0.2, -0.15) is 17.5 Å². The highest BCUT2D eigenvalue weighted by Gasteiger charge is 2.53. The number of piperidine rings is 1. The zero-order chi connectivity index (χ0) is 23.4. The van der Waals surface area contributed by atoms with Crippen molar-refractivity contribution in [3.8, 4) is 0 Å². The van der Waals surface area contributed by atoms with Gasteiger partial charge in [0.2, 0.25) is 10.0 Å². The molecule has 12 heteroatoms. The molecule has 1 aromatic rings. The standard InChI is InChI=1S/C17H25FN2O3S.C2HF3O2/c1-3-23-11-14-8-9-19(2)17(10-14)12-20(13-17)24(21,22)16-6-4-15(18)5-7-16;3-2(4,5)1(6)7/h4-7,14H,3,8-13H2,1-2H3;(H,6,7). The Labute approximate surface area is 178 Å². The van der Waals surface area contributed by atoms with Gasteiger partial charge in [-0.15, -0.1) is 0 Å². The number of likely N-dealkylation sites (tertiary alicyclic amines) is 1. The summed E-state index contributed by atoms with van der Waals surface area (Å²) in [6.07, 6.45) is -3.04. The third-order valence-corrected chi connectivity index (χ3v) is 7.35. The SMILES string of the molecule is CCOCC1CCN(C)C2(C1)CN(S(=O)(=O)c1ccc(F)cc1)C2.O=C(O)C(F)(F)F. The number of hydrogen-bond acceptors (Lipinski definition) is 5. The number of hydrogen-bond donors (Lipinski definition) is 1. The Morgan fingerprint density at radius 2 is 1.81 bits per heavy atom. The first-order valence-corrected chi connectivity index (χ1v) is 11.1. The lowest BCUT2D eigenvalue weighted by Gasteiger charge is -2.57. The quantitative estimate of drug-likeness (QED) is 0.666. The summed E-state index contributed by atoms with van der Waals surface area (Å²) in [5, 5.41) is 7.12. The third-order valence-electron chi connectivity index (χ3n) is 5.54. The molecule has 1 unspecified atom stereocenters. The van der Waals surface area contributed by atoms with E-state index >= 15 is 0 Å². The second-order valence-corrected chi connectivity index (χ2v) is 9.63. The first-order valence-electron chi connectivity index (χ1n) is 9.66. The van der Waals surface area contributed by atoms with Gasteiger partial charge in [0.05, 0.1) is 4.90 Å². The van der Waals surface area contributed by atoms with Gasteiger partial charge in [-0.1, -0.05) is 0 Å². The Morgan fingerprint density at radius 1 is 1.26 bits per heavy atom. The van der Waals surface area contributed by atoms with Crippen molar-refractivity contribution in [1.29, 1.82) is 0 Å². The maximum absolute atomic E-state index is 13.0. The van der Waals surface area contributed by atoms with Gasteiger partial charge in [0, 0.05) is 31.8 Å². The van der Waals surface area contributed by atoms with Crippen LogP contribution in [-0.4, -0.2) is 80.3 Å². The number of likely N-dealkylation sites (N-methyl/N-ethyl adjacent to an activating group) is 1. The van der Waals surface area contributed by atoms with E-state index in [1.165, 1.54) is 28.6 Å². The van der Waals surface area contributed by atoms with Crippen LogP contribution >= 0.6 is 0 Å². The summed E-state index contributed by atoms with van der Waals surface area (Å²) < 4.78 is 77.2. The number of sulfonamides is 1. The van der Waals surface area contributed by atoms with Crippen molar-refractivity contribution in [2.45, 2.75) is 36.4 Å². The van der Waals surface area contributed by atoms with Gasteiger partial charge in [-0.05, 0) is 63.5 Å². The minimum Gasteiger partial charge on any atom is -0.475 e. The van der Waals surface area contributed by atoms with E-state index in [2.05, 4.69) is 11.9 Å². The summed E-state index contributed by atoms with van der Waals surface area (Å²) >= 11 is 0. The number of halogens is 4. The van der Waals surface area contributed by atoms with E-state index < -0.39 is 28.0 Å². The Kier molecular flexibility index (Phi) is 8.06. The summed E-state index contributed by atoms with van der Waals surface area (Å²) in [6.45, 7) is 5.39. The first kappa shape index (κ1) is 25.5. The molecule has 7 nitrogen and oxygen atoms in total. The predicted molar refractivity (Wildman–Crippen MR) is 103 cm³/mol. The van der Waals surface area contributed by atoms with Gasteiger partial charge in [0.25, 0.3) is 0 Å². The van der Waals surface area contributed by atoms with Crippen molar-refractivity contribution in [3.63, 3.8) is 0 Å². The van der Waals surface area contributed by atoms with Gasteiger partial charge in [-0.3, -0.25) is 4.90 Å². The molecule has 2 saturated heterocycles. The highest BCUT2D eigenvalue weighted by Crippen LogP contribution is 2.40. The second kappa shape index (κ2) is 9.80. The number of carbonyl (C=O) groups is 1. The van der Waals surface area contributed by atoms with Gasteiger partial charge < -0.3 is 9.84 Å². The lowest BCUT2D eigenvalue weighted by atomic mass is 9.77. The van der Waals surface area contributed by atoms with Crippen LogP contribution in [-0.2, 0) is 19.6 Å². The maximum atomic E-state index is 13.0. The Bertz CT molecular complexity index is 853.